The van der Waals surface area contributed by atoms with Gasteiger partial charge in [0.15, 0.2) is 5.58 Å². The van der Waals surface area contributed by atoms with Crippen LogP contribution in [0.3, 0.4) is 0 Å². The Balaban J connectivity index is 1.40. The van der Waals surface area contributed by atoms with Crippen LogP contribution in [0, 0.1) is 0 Å². The van der Waals surface area contributed by atoms with E-state index in [-0.39, 0.29) is 22.0 Å². The second kappa shape index (κ2) is 12.9. The molecule has 7 aromatic rings. The highest BCUT2D eigenvalue weighted by atomic mass is 16.3. The summed E-state index contributed by atoms with van der Waals surface area (Å²) < 4.78 is 6.71. The van der Waals surface area contributed by atoms with Crippen LogP contribution in [-0.2, 0) is 16.2 Å². The lowest BCUT2D eigenvalue weighted by atomic mass is 9.84. The van der Waals surface area contributed by atoms with E-state index >= 15 is 0 Å². The topological polar surface area (TPSA) is 58.6 Å². The minimum atomic E-state index is -0.115. The maximum atomic E-state index is 10.8. The SMILES string of the molecule is CC(C)(C)c1cccc(-c2cccc(-c3cc(C(C)(C)C)cc4oc(-c5ccc6ccccc6c5N=Cc5cc(C(C)(C)C)ccc5O)nc34)c2)c1. The van der Waals surface area contributed by atoms with Crippen LogP contribution >= 0.6 is 0 Å². The van der Waals surface area contributed by atoms with Crippen LogP contribution in [0.25, 0.3) is 55.6 Å². The van der Waals surface area contributed by atoms with E-state index in [0.29, 0.717) is 11.5 Å². The molecular weight excluding hydrogens is 637 g/mol. The molecule has 1 aromatic heterocycles. The highest BCUT2D eigenvalue weighted by Gasteiger charge is 2.23. The standard InChI is InChI=1S/C48H48N2O2/c1-46(2,3)35-18-13-16-32(25-35)31-15-12-17-33(24-31)40-27-37(48(7,8)9)28-42-44(40)50-45(52-42)39-22-20-30-14-10-11-19-38(30)43(39)49-29-34-26-36(47(4,5)6)21-23-41(34)51/h10-29,51H,1-9H3. The Morgan fingerprint density at radius 2 is 1.23 bits per heavy atom. The molecule has 6 aromatic carbocycles. The number of benzene rings is 6. The minimum absolute atomic E-state index is 0.0560. The van der Waals surface area contributed by atoms with E-state index in [1.54, 1.807) is 12.3 Å². The zero-order chi connectivity index (χ0) is 37.0. The van der Waals surface area contributed by atoms with Gasteiger partial charge in [0.2, 0.25) is 5.89 Å². The minimum Gasteiger partial charge on any atom is -0.507 e. The molecule has 0 unspecified atom stereocenters. The molecule has 0 saturated carbocycles. The predicted molar refractivity (Wildman–Crippen MR) is 219 cm³/mol. The molecule has 52 heavy (non-hydrogen) atoms. The van der Waals surface area contributed by atoms with Crippen LogP contribution in [0.2, 0.25) is 0 Å². The normalized spacial score (nSPS) is 12.7. The number of nitrogens with zero attached hydrogens (tertiary/aromatic N) is 2. The number of phenols is 1. The van der Waals surface area contributed by atoms with Crippen LogP contribution in [0.1, 0.15) is 84.6 Å². The molecule has 4 nitrogen and oxygen atoms in total. The third kappa shape index (κ3) is 6.90. The molecule has 0 amide bonds. The lowest BCUT2D eigenvalue weighted by Gasteiger charge is -2.20. The van der Waals surface area contributed by atoms with Crippen molar-refractivity contribution in [1.29, 1.82) is 0 Å². The van der Waals surface area contributed by atoms with E-state index in [1.165, 1.54) is 16.7 Å². The van der Waals surface area contributed by atoms with Crippen LogP contribution in [0.4, 0.5) is 5.69 Å². The Morgan fingerprint density at radius 3 is 1.96 bits per heavy atom. The molecular formula is C48H48N2O2. The smallest absolute Gasteiger partial charge is 0.229 e. The third-order valence-corrected chi connectivity index (χ3v) is 9.95. The highest BCUT2D eigenvalue weighted by molar-refractivity contribution is 6.03. The molecule has 0 atom stereocenters. The van der Waals surface area contributed by atoms with E-state index in [4.69, 9.17) is 14.4 Å². The van der Waals surface area contributed by atoms with Crippen molar-refractivity contribution in [2.45, 2.75) is 78.6 Å². The molecule has 1 heterocycles. The number of oxazole rings is 1. The first kappa shape index (κ1) is 34.9. The molecule has 0 radical (unpaired) electrons. The number of aromatic nitrogens is 1. The summed E-state index contributed by atoms with van der Waals surface area (Å²) in [6, 6.07) is 40.0. The number of hydrogen-bond donors (Lipinski definition) is 1. The first-order chi connectivity index (χ1) is 24.6. The van der Waals surface area contributed by atoms with E-state index < -0.39 is 0 Å². The van der Waals surface area contributed by atoms with Gasteiger partial charge in [0.05, 0.1) is 11.3 Å². The van der Waals surface area contributed by atoms with Crippen molar-refractivity contribution < 1.29 is 9.52 Å². The zero-order valence-corrected chi connectivity index (χ0v) is 31.8. The zero-order valence-electron chi connectivity index (χ0n) is 31.8. The first-order valence-electron chi connectivity index (χ1n) is 18.1. The van der Waals surface area contributed by atoms with Gasteiger partial charge in [-0.25, -0.2) is 4.98 Å². The summed E-state index contributed by atoms with van der Waals surface area (Å²) in [5.74, 6) is 0.689. The first-order valence-corrected chi connectivity index (χ1v) is 18.1. The van der Waals surface area contributed by atoms with Crippen molar-refractivity contribution >= 4 is 33.8 Å². The molecule has 0 bridgehead atoms. The lowest BCUT2D eigenvalue weighted by Crippen LogP contribution is -2.11. The average molecular weight is 685 g/mol. The molecule has 0 aliphatic heterocycles. The van der Waals surface area contributed by atoms with Gasteiger partial charge in [-0.15, -0.1) is 0 Å². The van der Waals surface area contributed by atoms with E-state index in [9.17, 15) is 5.11 Å². The maximum absolute atomic E-state index is 10.8. The summed E-state index contributed by atoms with van der Waals surface area (Å²) in [4.78, 5) is 10.3. The quantitative estimate of drug-likeness (QED) is 0.184. The van der Waals surface area contributed by atoms with Crippen molar-refractivity contribution in [3.63, 3.8) is 0 Å². The van der Waals surface area contributed by atoms with E-state index in [2.05, 4.69) is 141 Å². The molecule has 0 spiro atoms. The molecule has 0 saturated heterocycles. The van der Waals surface area contributed by atoms with Crippen LogP contribution in [-0.4, -0.2) is 16.3 Å². The number of rotatable bonds is 5. The number of hydrogen-bond acceptors (Lipinski definition) is 4. The van der Waals surface area contributed by atoms with Crippen molar-refractivity contribution in [3.05, 3.63) is 138 Å². The molecule has 0 fully saturated rings. The van der Waals surface area contributed by atoms with Crippen LogP contribution < -0.4 is 0 Å². The summed E-state index contributed by atoms with van der Waals surface area (Å²) in [5.41, 5.74) is 11.7. The third-order valence-electron chi connectivity index (χ3n) is 9.95. The monoisotopic (exact) mass is 684 g/mol. The number of aliphatic imine (C=N–C) groups is 1. The maximum Gasteiger partial charge on any atom is 0.229 e. The largest absolute Gasteiger partial charge is 0.507 e. The Kier molecular flexibility index (Phi) is 8.69. The van der Waals surface area contributed by atoms with Crippen LogP contribution in [0.15, 0.2) is 125 Å². The fourth-order valence-corrected chi connectivity index (χ4v) is 6.65. The van der Waals surface area contributed by atoms with Crippen molar-refractivity contribution in [2.75, 3.05) is 0 Å². The van der Waals surface area contributed by atoms with E-state index in [1.807, 2.05) is 30.3 Å². The molecule has 0 aliphatic carbocycles. The second-order valence-corrected chi connectivity index (χ2v) is 17.0. The van der Waals surface area contributed by atoms with Gasteiger partial charge in [-0.1, -0.05) is 141 Å². The molecule has 1 N–H and O–H groups in total. The van der Waals surface area contributed by atoms with Gasteiger partial charge >= 0.3 is 0 Å². The second-order valence-electron chi connectivity index (χ2n) is 17.0. The summed E-state index contributed by atoms with van der Waals surface area (Å²) in [6.07, 6.45) is 1.75. The van der Waals surface area contributed by atoms with Gasteiger partial charge in [-0.3, -0.25) is 4.99 Å². The Morgan fingerprint density at radius 1 is 0.577 bits per heavy atom. The van der Waals surface area contributed by atoms with Crippen LogP contribution in [0.5, 0.6) is 5.75 Å². The van der Waals surface area contributed by atoms with Crippen molar-refractivity contribution in [2.24, 2.45) is 4.99 Å². The fraction of sp³-hybridized carbons (Fsp3) is 0.250. The predicted octanol–water partition coefficient (Wildman–Crippen LogP) is 13.3. The van der Waals surface area contributed by atoms with Gasteiger partial charge in [0.1, 0.15) is 11.3 Å². The summed E-state index contributed by atoms with van der Waals surface area (Å²) >= 11 is 0. The Labute approximate surface area is 307 Å². The Bertz CT molecular complexity index is 2480. The molecule has 7 rings (SSSR count). The van der Waals surface area contributed by atoms with E-state index in [0.717, 1.165) is 55.4 Å². The highest BCUT2D eigenvalue weighted by Crippen LogP contribution is 2.42. The van der Waals surface area contributed by atoms with Gasteiger partial charge in [-0.05, 0) is 91.4 Å². The summed E-state index contributed by atoms with van der Waals surface area (Å²) in [7, 11) is 0. The summed E-state index contributed by atoms with van der Waals surface area (Å²) in [5, 5.41) is 12.9. The molecule has 4 heteroatoms. The summed E-state index contributed by atoms with van der Waals surface area (Å²) in [6.45, 7) is 19.9. The number of fused-ring (bicyclic) bond motifs is 2. The molecule has 262 valence electrons. The van der Waals surface area contributed by atoms with Crippen molar-refractivity contribution in [3.8, 4) is 39.5 Å². The Hall–Kier alpha value is -5.48. The van der Waals surface area contributed by atoms with Gasteiger partial charge in [0.25, 0.3) is 0 Å². The lowest BCUT2D eigenvalue weighted by molar-refractivity contribution is 0.473. The van der Waals surface area contributed by atoms with Gasteiger partial charge in [0, 0.05) is 22.7 Å². The van der Waals surface area contributed by atoms with Crippen molar-refractivity contribution in [1.82, 2.24) is 4.98 Å². The molecule has 0 aliphatic rings. The average Bonchev–Trinajstić information content (AvgIpc) is 3.54. The van der Waals surface area contributed by atoms with Gasteiger partial charge in [-0.2, -0.15) is 0 Å². The number of aromatic hydroxyl groups is 1. The number of phenolic OH excluding ortho intramolecular Hbond substituents is 1. The fourth-order valence-electron chi connectivity index (χ4n) is 6.65. The van der Waals surface area contributed by atoms with Gasteiger partial charge < -0.3 is 9.52 Å².